The molecule has 3 unspecified atom stereocenters. The van der Waals surface area contributed by atoms with Crippen molar-refractivity contribution in [2.75, 3.05) is 4.98 Å². The van der Waals surface area contributed by atoms with E-state index >= 15 is 0 Å². The van der Waals surface area contributed by atoms with Crippen molar-refractivity contribution in [3.05, 3.63) is 66.2 Å². The molecular weight excluding hydrogens is 360 g/mol. The Morgan fingerprint density at radius 3 is 1.89 bits per heavy atom. The minimum Gasteiger partial charge on any atom is -0.410 e. The molecule has 146 valence electrons. The van der Waals surface area contributed by atoms with Gasteiger partial charge in [-0.3, -0.25) is 0 Å². The van der Waals surface area contributed by atoms with E-state index in [0.717, 1.165) is 23.5 Å². The van der Waals surface area contributed by atoms with Gasteiger partial charge >= 0.3 is 0 Å². The van der Waals surface area contributed by atoms with Crippen LogP contribution in [0.25, 0.3) is 0 Å². The van der Waals surface area contributed by atoms with Crippen molar-refractivity contribution in [1.29, 1.82) is 0 Å². The van der Waals surface area contributed by atoms with E-state index in [4.69, 9.17) is 0 Å². The number of rotatable bonds is 7. The maximum absolute atomic E-state index is 4.00. The maximum atomic E-state index is 4.00. The van der Waals surface area contributed by atoms with Crippen molar-refractivity contribution >= 4 is 22.2 Å². The van der Waals surface area contributed by atoms with E-state index in [-0.39, 0.29) is 0 Å². The van der Waals surface area contributed by atoms with Crippen molar-refractivity contribution in [3.63, 3.8) is 0 Å². The lowest BCUT2D eigenvalue weighted by molar-refractivity contribution is 0.573. The first-order valence-electron chi connectivity index (χ1n) is 10.4. The smallest absolute Gasteiger partial charge is 0.150 e. The summed E-state index contributed by atoms with van der Waals surface area (Å²) in [5, 5.41) is 0. The molecule has 3 atom stereocenters. The summed E-state index contributed by atoms with van der Waals surface area (Å²) in [6, 6.07) is 21.7. The SMILES string of the molecule is CC1C([Si](C)(C)NCc2ccccc2)CCC1[Si](C)(C)Nc1ccccc1. The van der Waals surface area contributed by atoms with Crippen LogP contribution in [-0.2, 0) is 6.54 Å². The molecule has 1 aliphatic carbocycles. The predicted molar refractivity (Wildman–Crippen MR) is 124 cm³/mol. The van der Waals surface area contributed by atoms with Crippen molar-refractivity contribution in [2.24, 2.45) is 5.92 Å². The summed E-state index contributed by atoms with van der Waals surface area (Å²) < 4.78 is 0. The summed E-state index contributed by atoms with van der Waals surface area (Å²) in [5.41, 5.74) is 4.40. The zero-order valence-electron chi connectivity index (χ0n) is 17.6. The molecule has 2 N–H and O–H groups in total. The molecular formula is C23H36N2Si2. The third-order valence-corrected chi connectivity index (χ3v) is 14.1. The molecule has 27 heavy (non-hydrogen) atoms. The number of para-hydroxylation sites is 1. The molecule has 2 aromatic carbocycles. The van der Waals surface area contributed by atoms with Gasteiger partial charge in [-0.05, 0) is 34.7 Å². The second-order valence-corrected chi connectivity index (χ2v) is 18.4. The van der Waals surface area contributed by atoms with Gasteiger partial charge in [-0.1, -0.05) is 94.5 Å². The van der Waals surface area contributed by atoms with E-state index in [2.05, 4.69) is 104 Å². The van der Waals surface area contributed by atoms with Gasteiger partial charge < -0.3 is 9.96 Å². The minimum absolute atomic E-state index is 0.799. The summed E-state index contributed by atoms with van der Waals surface area (Å²) in [5.74, 6) is 0.799. The lowest BCUT2D eigenvalue weighted by Crippen LogP contribution is -2.51. The highest BCUT2D eigenvalue weighted by Gasteiger charge is 2.48. The van der Waals surface area contributed by atoms with Crippen LogP contribution < -0.4 is 9.96 Å². The van der Waals surface area contributed by atoms with Gasteiger partial charge in [-0.25, -0.2) is 0 Å². The van der Waals surface area contributed by atoms with Crippen molar-refractivity contribution < 1.29 is 0 Å². The first kappa shape index (κ1) is 20.4. The summed E-state index contributed by atoms with van der Waals surface area (Å²) in [6.07, 6.45) is 2.77. The van der Waals surface area contributed by atoms with Gasteiger partial charge in [0.1, 0.15) is 8.24 Å². The van der Waals surface area contributed by atoms with Crippen LogP contribution in [0.3, 0.4) is 0 Å². The van der Waals surface area contributed by atoms with Crippen LogP contribution >= 0.6 is 0 Å². The van der Waals surface area contributed by atoms with Gasteiger partial charge in [0.2, 0.25) is 0 Å². The van der Waals surface area contributed by atoms with Gasteiger partial charge in [0.25, 0.3) is 0 Å². The van der Waals surface area contributed by atoms with E-state index in [0.29, 0.717) is 0 Å². The van der Waals surface area contributed by atoms with Crippen molar-refractivity contribution in [1.82, 2.24) is 4.98 Å². The Labute approximate surface area is 168 Å². The molecule has 1 saturated carbocycles. The van der Waals surface area contributed by atoms with E-state index < -0.39 is 16.5 Å². The second-order valence-electron chi connectivity index (χ2n) is 9.42. The van der Waals surface area contributed by atoms with Crippen LogP contribution in [0.2, 0.25) is 37.3 Å². The predicted octanol–water partition coefficient (Wildman–Crippen LogP) is 6.47. The van der Waals surface area contributed by atoms with Gasteiger partial charge in [0, 0.05) is 12.2 Å². The molecule has 0 radical (unpaired) electrons. The lowest BCUT2D eigenvalue weighted by Gasteiger charge is -2.39. The van der Waals surface area contributed by atoms with Gasteiger partial charge in [-0.2, -0.15) is 0 Å². The number of nitrogens with one attached hydrogen (secondary N) is 2. The van der Waals surface area contributed by atoms with Gasteiger partial charge in [0.05, 0.1) is 0 Å². The Morgan fingerprint density at radius 1 is 0.778 bits per heavy atom. The Kier molecular flexibility index (Phi) is 6.29. The Balaban J connectivity index is 1.65. The molecule has 0 bridgehead atoms. The summed E-state index contributed by atoms with van der Waals surface area (Å²) in [7, 11) is -3.02. The molecule has 0 saturated heterocycles. The average Bonchev–Trinajstić information content (AvgIpc) is 3.05. The third-order valence-electron chi connectivity index (χ3n) is 6.74. The monoisotopic (exact) mass is 396 g/mol. The Bertz CT molecular complexity index is 716. The van der Waals surface area contributed by atoms with E-state index in [1.807, 2.05) is 0 Å². The average molecular weight is 397 g/mol. The molecule has 1 fully saturated rings. The quantitative estimate of drug-likeness (QED) is 0.524. The van der Waals surface area contributed by atoms with Crippen LogP contribution in [0.4, 0.5) is 5.69 Å². The first-order chi connectivity index (χ1) is 12.8. The summed E-state index contributed by atoms with van der Waals surface area (Å²) in [6.45, 7) is 13.7. The number of hydrogen-bond acceptors (Lipinski definition) is 2. The maximum Gasteiger partial charge on any atom is 0.150 e. The van der Waals surface area contributed by atoms with E-state index in [1.165, 1.54) is 24.1 Å². The largest absolute Gasteiger partial charge is 0.410 e. The molecule has 2 nitrogen and oxygen atoms in total. The number of anilines is 1. The van der Waals surface area contributed by atoms with Crippen LogP contribution in [-0.4, -0.2) is 16.5 Å². The fourth-order valence-corrected chi connectivity index (χ4v) is 12.3. The molecule has 0 heterocycles. The van der Waals surface area contributed by atoms with Crippen molar-refractivity contribution in [2.45, 2.75) is 63.6 Å². The minimum atomic E-state index is -1.54. The summed E-state index contributed by atoms with van der Waals surface area (Å²) in [4.78, 5) is 7.96. The first-order valence-corrected chi connectivity index (χ1v) is 16.6. The van der Waals surface area contributed by atoms with E-state index in [9.17, 15) is 0 Å². The zero-order valence-corrected chi connectivity index (χ0v) is 19.6. The molecule has 1 aliphatic rings. The molecule has 2 aromatic rings. The molecule has 0 spiro atoms. The third kappa shape index (κ3) is 4.92. The Morgan fingerprint density at radius 2 is 1.30 bits per heavy atom. The van der Waals surface area contributed by atoms with Crippen LogP contribution in [0.1, 0.15) is 25.3 Å². The van der Waals surface area contributed by atoms with Crippen molar-refractivity contribution in [3.8, 4) is 0 Å². The highest BCUT2D eigenvalue weighted by molar-refractivity contribution is 6.82. The zero-order chi connectivity index (χ0) is 19.5. The number of hydrogen-bond donors (Lipinski definition) is 2. The molecule has 4 heteroatoms. The topological polar surface area (TPSA) is 24.1 Å². The summed E-state index contributed by atoms with van der Waals surface area (Å²) >= 11 is 0. The standard InChI is InChI=1S/C23H36N2Si2/c1-19-22(26(2,3)24-18-20-12-8-6-9-13-20)16-17-23(19)27(4,5)25-21-14-10-7-11-15-21/h6-15,19,22-25H,16-18H2,1-5H3. The number of benzene rings is 2. The van der Waals surface area contributed by atoms with Crippen LogP contribution in [0.15, 0.2) is 60.7 Å². The molecule has 3 rings (SSSR count). The van der Waals surface area contributed by atoms with E-state index in [1.54, 1.807) is 0 Å². The van der Waals surface area contributed by atoms with Gasteiger partial charge in [0.15, 0.2) is 8.24 Å². The van der Waals surface area contributed by atoms with Crippen LogP contribution in [0.5, 0.6) is 0 Å². The Hall–Kier alpha value is -1.37. The fraction of sp³-hybridized carbons (Fsp3) is 0.478. The lowest BCUT2D eigenvalue weighted by atomic mass is 10.1. The molecule has 0 aliphatic heterocycles. The fourth-order valence-electron chi connectivity index (χ4n) is 5.24. The highest BCUT2D eigenvalue weighted by Crippen LogP contribution is 2.52. The highest BCUT2D eigenvalue weighted by atomic mass is 28.3. The normalized spacial score (nSPS) is 23.4. The molecule has 0 amide bonds. The van der Waals surface area contributed by atoms with Gasteiger partial charge in [-0.15, -0.1) is 0 Å². The second kappa shape index (κ2) is 8.33. The molecule has 0 aromatic heterocycles. The van der Waals surface area contributed by atoms with Crippen LogP contribution in [0, 0.1) is 5.92 Å².